The fraction of sp³-hybridized carbons (Fsp3) is 0.600. The van der Waals surface area contributed by atoms with Gasteiger partial charge in [0.05, 0.1) is 10.6 Å². The Balaban J connectivity index is 2.92. The van der Waals surface area contributed by atoms with Gasteiger partial charge in [-0.25, -0.2) is 0 Å². The van der Waals surface area contributed by atoms with E-state index in [0.29, 0.717) is 22.3 Å². The van der Waals surface area contributed by atoms with Gasteiger partial charge in [-0.2, -0.15) is 0 Å². The van der Waals surface area contributed by atoms with E-state index in [1.165, 1.54) is 0 Å². The Morgan fingerprint density at radius 2 is 2.00 bits per heavy atom. The minimum Gasteiger partial charge on any atom is -0.489 e. The van der Waals surface area contributed by atoms with E-state index in [1.807, 2.05) is 26.8 Å². The lowest BCUT2D eigenvalue weighted by atomic mass is 9.94. The molecule has 0 spiro atoms. The summed E-state index contributed by atoms with van der Waals surface area (Å²) in [6, 6.07) is 3.48. The predicted octanol–water partition coefficient (Wildman–Crippen LogP) is 3.89. The van der Waals surface area contributed by atoms with Crippen LogP contribution in [0.25, 0.3) is 0 Å². The highest BCUT2D eigenvalue weighted by Crippen LogP contribution is 2.33. The number of hydrogen-bond acceptors (Lipinski definition) is 3. The molecule has 0 aliphatic heterocycles. The molecule has 0 amide bonds. The number of hydrogen-bond donors (Lipinski definition) is 2. The molecule has 0 bridgehead atoms. The van der Waals surface area contributed by atoms with Gasteiger partial charge in [-0.1, -0.05) is 44.0 Å². The summed E-state index contributed by atoms with van der Waals surface area (Å²) in [5.41, 5.74) is -0.0118. The first-order valence-corrected chi connectivity index (χ1v) is 7.57. The Hall–Kier alpha value is -0.480. The zero-order valence-corrected chi connectivity index (χ0v) is 14.0. The van der Waals surface area contributed by atoms with Crippen LogP contribution in [0.15, 0.2) is 12.1 Å². The van der Waals surface area contributed by atoms with Crippen LogP contribution < -0.4 is 10.1 Å². The monoisotopic (exact) mass is 319 g/mol. The third kappa shape index (κ3) is 4.81. The number of halogens is 2. The van der Waals surface area contributed by atoms with Crippen LogP contribution in [0, 0.1) is 5.92 Å². The smallest absolute Gasteiger partial charge is 0.142 e. The maximum Gasteiger partial charge on any atom is 0.142 e. The van der Waals surface area contributed by atoms with Gasteiger partial charge < -0.3 is 15.2 Å². The molecule has 1 aromatic rings. The minimum absolute atomic E-state index is 0.0887. The molecule has 3 nitrogen and oxygen atoms in total. The second-order valence-corrected chi connectivity index (χ2v) is 6.30. The lowest BCUT2D eigenvalue weighted by Crippen LogP contribution is -2.38. The maximum absolute atomic E-state index is 10.3. The van der Waals surface area contributed by atoms with Crippen molar-refractivity contribution in [2.24, 2.45) is 5.92 Å². The molecule has 5 heteroatoms. The Labute approximate surface area is 131 Å². The SMILES string of the molecule is CCNCc1cc(Cl)cc(Cl)c1OCC(C)(O)C(C)C. The van der Waals surface area contributed by atoms with E-state index in [9.17, 15) is 5.11 Å². The van der Waals surface area contributed by atoms with Crippen LogP contribution >= 0.6 is 23.2 Å². The number of aliphatic hydroxyl groups is 1. The van der Waals surface area contributed by atoms with Gasteiger partial charge in [0.15, 0.2) is 0 Å². The van der Waals surface area contributed by atoms with E-state index in [-0.39, 0.29) is 12.5 Å². The average Bonchev–Trinajstić information content (AvgIpc) is 2.34. The minimum atomic E-state index is -0.904. The number of nitrogens with one attached hydrogen (secondary N) is 1. The summed E-state index contributed by atoms with van der Waals surface area (Å²) in [6.45, 7) is 9.33. The summed E-state index contributed by atoms with van der Waals surface area (Å²) in [7, 11) is 0. The van der Waals surface area contributed by atoms with Crippen LogP contribution in [0.1, 0.15) is 33.3 Å². The van der Waals surface area contributed by atoms with Crippen LogP contribution in [0.3, 0.4) is 0 Å². The summed E-state index contributed by atoms with van der Waals surface area (Å²) in [4.78, 5) is 0. The first kappa shape index (κ1) is 17.6. The maximum atomic E-state index is 10.3. The average molecular weight is 320 g/mol. The molecule has 1 rings (SSSR count). The molecule has 0 aliphatic carbocycles. The van der Waals surface area contributed by atoms with Gasteiger partial charge in [-0.15, -0.1) is 0 Å². The molecule has 0 fully saturated rings. The summed E-state index contributed by atoms with van der Waals surface area (Å²) < 4.78 is 5.77. The van der Waals surface area contributed by atoms with Crippen molar-refractivity contribution >= 4 is 23.2 Å². The Bertz CT molecular complexity index is 448. The van der Waals surface area contributed by atoms with E-state index in [0.717, 1.165) is 12.1 Å². The van der Waals surface area contributed by atoms with Gasteiger partial charge >= 0.3 is 0 Å². The van der Waals surface area contributed by atoms with Crippen molar-refractivity contribution in [3.8, 4) is 5.75 Å². The highest BCUT2D eigenvalue weighted by atomic mass is 35.5. The molecule has 1 aromatic carbocycles. The highest BCUT2D eigenvalue weighted by molar-refractivity contribution is 6.35. The van der Waals surface area contributed by atoms with Gasteiger partial charge in [0.1, 0.15) is 12.4 Å². The van der Waals surface area contributed by atoms with E-state index in [1.54, 1.807) is 13.0 Å². The summed E-state index contributed by atoms with van der Waals surface area (Å²) in [5.74, 6) is 0.670. The molecule has 0 aromatic heterocycles. The van der Waals surface area contributed by atoms with Gasteiger partial charge in [0.25, 0.3) is 0 Å². The predicted molar refractivity (Wildman–Crippen MR) is 84.8 cm³/mol. The molecular weight excluding hydrogens is 297 g/mol. The lowest BCUT2D eigenvalue weighted by molar-refractivity contribution is -0.0268. The molecular formula is C15H23Cl2NO2. The number of ether oxygens (including phenoxy) is 1. The Kier molecular flexibility index (Phi) is 6.59. The van der Waals surface area contributed by atoms with E-state index in [4.69, 9.17) is 27.9 Å². The molecule has 20 heavy (non-hydrogen) atoms. The fourth-order valence-electron chi connectivity index (χ4n) is 1.55. The third-order valence-corrected chi connectivity index (χ3v) is 3.90. The van der Waals surface area contributed by atoms with Crippen LogP contribution in [-0.4, -0.2) is 23.9 Å². The standard InChI is InChI=1S/C15H23Cl2NO2/c1-5-18-8-11-6-12(16)7-13(17)14(11)20-9-15(4,19)10(2)3/h6-7,10,18-19H,5,8-9H2,1-4H3. The van der Waals surface area contributed by atoms with Crippen molar-refractivity contribution in [3.05, 3.63) is 27.7 Å². The van der Waals surface area contributed by atoms with Crippen LogP contribution in [-0.2, 0) is 6.54 Å². The fourth-order valence-corrected chi connectivity index (χ4v) is 2.14. The van der Waals surface area contributed by atoms with Crippen molar-refractivity contribution in [1.29, 1.82) is 0 Å². The molecule has 2 N–H and O–H groups in total. The van der Waals surface area contributed by atoms with Gasteiger partial charge in [-0.3, -0.25) is 0 Å². The van der Waals surface area contributed by atoms with Crippen molar-refractivity contribution in [2.45, 2.75) is 39.8 Å². The van der Waals surface area contributed by atoms with Crippen LogP contribution in [0.4, 0.5) is 0 Å². The van der Waals surface area contributed by atoms with Gasteiger partial charge in [0, 0.05) is 17.1 Å². The van der Waals surface area contributed by atoms with E-state index < -0.39 is 5.60 Å². The van der Waals surface area contributed by atoms with E-state index in [2.05, 4.69) is 5.32 Å². The topological polar surface area (TPSA) is 41.5 Å². The normalized spacial score (nSPS) is 14.4. The van der Waals surface area contributed by atoms with Crippen molar-refractivity contribution in [2.75, 3.05) is 13.2 Å². The van der Waals surface area contributed by atoms with E-state index >= 15 is 0 Å². The Morgan fingerprint density at radius 1 is 1.35 bits per heavy atom. The molecule has 0 saturated heterocycles. The molecule has 0 aliphatic rings. The molecule has 114 valence electrons. The molecule has 0 saturated carbocycles. The molecule has 0 heterocycles. The van der Waals surface area contributed by atoms with Crippen molar-refractivity contribution in [3.63, 3.8) is 0 Å². The zero-order valence-electron chi connectivity index (χ0n) is 12.5. The lowest BCUT2D eigenvalue weighted by Gasteiger charge is -2.28. The zero-order chi connectivity index (χ0) is 15.3. The first-order valence-electron chi connectivity index (χ1n) is 6.81. The molecule has 0 radical (unpaired) electrons. The third-order valence-electron chi connectivity index (χ3n) is 3.40. The highest BCUT2D eigenvalue weighted by Gasteiger charge is 2.26. The van der Waals surface area contributed by atoms with Crippen molar-refractivity contribution in [1.82, 2.24) is 5.32 Å². The second-order valence-electron chi connectivity index (χ2n) is 5.46. The molecule has 1 unspecified atom stereocenters. The van der Waals surface area contributed by atoms with Crippen molar-refractivity contribution < 1.29 is 9.84 Å². The first-order chi connectivity index (χ1) is 9.27. The van der Waals surface area contributed by atoms with Gasteiger partial charge in [0.2, 0.25) is 0 Å². The largest absolute Gasteiger partial charge is 0.489 e. The molecule has 1 atom stereocenters. The second kappa shape index (κ2) is 7.51. The summed E-state index contributed by atoms with van der Waals surface area (Å²) in [5, 5.41) is 14.5. The quantitative estimate of drug-likeness (QED) is 0.801. The van der Waals surface area contributed by atoms with Crippen LogP contribution in [0.5, 0.6) is 5.75 Å². The number of benzene rings is 1. The summed E-state index contributed by atoms with van der Waals surface area (Å²) >= 11 is 12.2. The summed E-state index contributed by atoms with van der Waals surface area (Å²) in [6.07, 6.45) is 0. The Morgan fingerprint density at radius 3 is 2.55 bits per heavy atom. The van der Waals surface area contributed by atoms with Crippen LogP contribution in [0.2, 0.25) is 10.0 Å². The van der Waals surface area contributed by atoms with Gasteiger partial charge in [-0.05, 0) is 31.5 Å². The number of rotatable bonds is 7.